The van der Waals surface area contributed by atoms with Crippen LogP contribution < -0.4 is 20.7 Å². The van der Waals surface area contributed by atoms with Crippen LogP contribution in [0.3, 0.4) is 0 Å². The van der Waals surface area contributed by atoms with Crippen molar-refractivity contribution < 1.29 is 18.7 Å². The van der Waals surface area contributed by atoms with Gasteiger partial charge in [-0.05, 0) is 44.2 Å². The number of H-pyrrole nitrogens is 1. The standard InChI is InChI=1S/C27H25FN8O3/c1-15(2)36-13-24(26(35-36)17-4-6-22-23(10-17)31-14-30-22)34-27(38)33-21-7-5-18(11-20(21)28)39-19-8-9-29-25(12-19)32-16(3)37/h4-15H,1-3H3,(H,30,31)(H,29,32,37)(H2,33,34,38). The molecule has 11 nitrogen and oxygen atoms in total. The monoisotopic (exact) mass is 528 g/mol. The number of aromatic nitrogens is 5. The normalized spacial score (nSPS) is 11.0. The van der Waals surface area contributed by atoms with E-state index in [1.54, 1.807) is 23.3 Å². The van der Waals surface area contributed by atoms with Crippen LogP contribution in [0.25, 0.3) is 22.3 Å². The van der Waals surface area contributed by atoms with Gasteiger partial charge in [-0.3, -0.25) is 9.48 Å². The van der Waals surface area contributed by atoms with Gasteiger partial charge in [-0.1, -0.05) is 6.07 Å². The number of hydrogen-bond donors (Lipinski definition) is 4. The van der Waals surface area contributed by atoms with Crippen molar-refractivity contribution in [1.82, 2.24) is 24.7 Å². The number of carbonyl (C=O) groups excluding carboxylic acids is 2. The molecular weight excluding hydrogens is 503 g/mol. The lowest BCUT2D eigenvalue weighted by molar-refractivity contribution is -0.114. The highest BCUT2D eigenvalue weighted by Crippen LogP contribution is 2.31. The maximum atomic E-state index is 14.9. The number of hydrogen-bond acceptors (Lipinski definition) is 6. The molecule has 3 amide bonds. The zero-order valence-electron chi connectivity index (χ0n) is 21.3. The van der Waals surface area contributed by atoms with E-state index in [0.29, 0.717) is 22.9 Å². The molecule has 0 aliphatic heterocycles. The number of ether oxygens (including phenoxy) is 1. The van der Waals surface area contributed by atoms with Crippen LogP contribution in [0, 0.1) is 5.82 Å². The molecule has 0 aliphatic rings. The number of benzene rings is 2. The molecule has 5 aromatic rings. The van der Waals surface area contributed by atoms with Gasteiger partial charge in [-0.2, -0.15) is 5.10 Å². The lowest BCUT2D eigenvalue weighted by atomic mass is 10.1. The first-order valence-corrected chi connectivity index (χ1v) is 12.1. The number of urea groups is 1. The summed E-state index contributed by atoms with van der Waals surface area (Å²) in [5.74, 6) is -0.105. The van der Waals surface area contributed by atoms with Crippen LogP contribution in [-0.2, 0) is 4.79 Å². The van der Waals surface area contributed by atoms with Crippen LogP contribution in [0.15, 0.2) is 67.3 Å². The van der Waals surface area contributed by atoms with Crippen molar-refractivity contribution in [3.05, 3.63) is 73.1 Å². The number of fused-ring (bicyclic) bond motifs is 1. The summed E-state index contributed by atoms with van der Waals surface area (Å²) in [5, 5.41) is 12.5. The van der Waals surface area contributed by atoms with Gasteiger partial charge in [0.2, 0.25) is 5.91 Å². The van der Waals surface area contributed by atoms with Gasteiger partial charge in [0.05, 0.1) is 28.7 Å². The van der Waals surface area contributed by atoms with E-state index in [2.05, 4.69) is 36.0 Å². The van der Waals surface area contributed by atoms with Gasteiger partial charge in [0, 0.05) is 43.1 Å². The molecule has 198 valence electrons. The highest BCUT2D eigenvalue weighted by atomic mass is 19.1. The van der Waals surface area contributed by atoms with Crippen molar-refractivity contribution in [2.24, 2.45) is 0 Å². The molecule has 4 N–H and O–H groups in total. The summed E-state index contributed by atoms with van der Waals surface area (Å²) in [5.41, 5.74) is 3.43. The second kappa shape index (κ2) is 10.6. The van der Waals surface area contributed by atoms with E-state index >= 15 is 0 Å². The van der Waals surface area contributed by atoms with Crippen LogP contribution in [0.4, 0.5) is 26.4 Å². The molecule has 0 unspecified atom stereocenters. The quantitative estimate of drug-likeness (QED) is 0.206. The van der Waals surface area contributed by atoms with Crippen molar-refractivity contribution in [3.63, 3.8) is 0 Å². The number of carbonyl (C=O) groups is 2. The predicted molar refractivity (Wildman–Crippen MR) is 145 cm³/mol. The van der Waals surface area contributed by atoms with E-state index in [4.69, 9.17) is 4.74 Å². The Balaban J connectivity index is 1.31. The summed E-state index contributed by atoms with van der Waals surface area (Å²) in [6.07, 6.45) is 4.80. The number of pyridine rings is 1. The van der Waals surface area contributed by atoms with Crippen molar-refractivity contribution >= 4 is 40.2 Å². The number of amides is 3. The van der Waals surface area contributed by atoms with Gasteiger partial charge in [0.25, 0.3) is 0 Å². The second-order valence-electron chi connectivity index (χ2n) is 8.98. The van der Waals surface area contributed by atoms with Gasteiger partial charge in [-0.25, -0.2) is 19.2 Å². The predicted octanol–water partition coefficient (Wildman–Crippen LogP) is 5.94. The Morgan fingerprint density at radius 2 is 1.77 bits per heavy atom. The Kier molecular flexibility index (Phi) is 6.91. The van der Waals surface area contributed by atoms with E-state index < -0.39 is 11.8 Å². The Hall–Kier alpha value is -5.26. The summed E-state index contributed by atoms with van der Waals surface area (Å²) in [7, 11) is 0. The van der Waals surface area contributed by atoms with Crippen LogP contribution in [0.1, 0.15) is 26.8 Å². The smallest absolute Gasteiger partial charge is 0.323 e. The summed E-state index contributed by atoms with van der Waals surface area (Å²) in [6.45, 7) is 5.32. The largest absolute Gasteiger partial charge is 0.457 e. The van der Waals surface area contributed by atoms with Crippen molar-refractivity contribution in [2.75, 3.05) is 16.0 Å². The van der Waals surface area contributed by atoms with Crippen LogP contribution in [-0.4, -0.2) is 36.7 Å². The molecule has 0 radical (unpaired) electrons. The topological polar surface area (TPSA) is 139 Å². The van der Waals surface area contributed by atoms with E-state index in [9.17, 15) is 14.0 Å². The lowest BCUT2D eigenvalue weighted by Crippen LogP contribution is -2.20. The Morgan fingerprint density at radius 1 is 0.974 bits per heavy atom. The van der Waals surface area contributed by atoms with Crippen LogP contribution in [0.2, 0.25) is 0 Å². The molecule has 0 atom stereocenters. The lowest BCUT2D eigenvalue weighted by Gasteiger charge is -2.11. The van der Waals surface area contributed by atoms with E-state index in [1.165, 1.54) is 31.3 Å². The molecule has 0 aliphatic carbocycles. The molecule has 3 heterocycles. The highest BCUT2D eigenvalue weighted by molar-refractivity contribution is 6.02. The van der Waals surface area contributed by atoms with Gasteiger partial charge in [0.15, 0.2) is 0 Å². The number of nitrogens with one attached hydrogen (secondary N) is 4. The fraction of sp³-hybridized carbons (Fsp3) is 0.148. The molecule has 12 heteroatoms. The third kappa shape index (κ3) is 5.85. The number of nitrogens with zero attached hydrogens (tertiary/aromatic N) is 4. The zero-order valence-corrected chi connectivity index (χ0v) is 21.3. The molecule has 0 fully saturated rings. The molecule has 0 spiro atoms. The Labute approximate surface area is 222 Å². The third-order valence-corrected chi connectivity index (χ3v) is 5.66. The molecule has 39 heavy (non-hydrogen) atoms. The van der Waals surface area contributed by atoms with Gasteiger partial charge in [-0.15, -0.1) is 0 Å². The fourth-order valence-corrected chi connectivity index (χ4v) is 3.84. The summed E-state index contributed by atoms with van der Waals surface area (Å²) in [4.78, 5) is 35.4. The minimum atomic E-state index is -0.693. The van der Waals surface area contributed by atoms with Gasteiger partial charge in [0.1, 0.15) is 28.8 Å². The molecule has 2 aromatic carbocycles. The highest BCUT2D eigenvalue weighted by Gasteiger charge is 2.17. The first-order chi connectivity index (χ1) is 18.7. The van der Waals surface area contributed by atoms with Crippen molar-refractivity contribution in [3.8, 4) is 22.8 Å². The van der Waals surface area contributed by atoms with E-state index in [-0.39, 0.29) is 23.4 Å². The summed E-state index contributed by atoms with van der Waals surface area (Å²) >= 11 is 0. The average molecular weight is 529 g/mol. The minimum absolute atomic E-state index is 0.0369. The average Bonchev–Trinajstić information content (AvgIpc) is 3.52. The van der Waals surface area contributed by atoms with Crippen molar-refractivity contribution in [2.45, 2.75) is 26.8 Å². The number of halogens is 1. The molecule has 0 saturated heterocycles. The van der Waals surface area contributed by atoms with E-state index in [1.807, 2.05) is 32.0 Å². The number of anilines is 3. The number of aromatic amines is 1. The third-order valence-electron chi connectivity index (χ3n) is 5.66. The Bertz CT molecular complexity index is 1680. The number of rotatable bonds is 7. The minimum Gasteiger partial charge on any atom is -0.457 e. The molecule has 5 rings (SSSR count). The maximum absolute atomic E-state index is 14.9. The SMILES string of the molecule is CC(=O)Nc1cc(Oc2ccc(NC(=O)Nc3cn(C(C)C)nc3-c3ccc4nc[nH]c4c3)c(F)c2)ccn1. The first kappa shape index (κ1) is 25.4. The van der Waals surface area contributed by atoms with Crippen molar-refractivity contribution in [1.29, 1.82) is 0 Å². The second-order valence-corrected chi connectivity index (χ2v) is 8.98. The number of imidazole rings is 1. The summed E-state index contributed by atoms with van der Waals surface area (Å²) in [6, 6.07) is 12.2. The molecular formula is C27H25FN8O3. The molecule has 0 saturated carbocycles. The molecule has 3 aromatic heterocycles. The van der Waals surface area contributed by atoms with Crippen LogP contribution in [0.5, 0.6) is 11.5 Å². The van der Waals surface area contributed by atoms with E-state index in [0.717, 1.165) is 22.7 Å². The fourth-order valence-electron chi connectivity index (χ4n) is 3.84. The Morgan fingerprint density at radius 3 is 2.54 bits per heavy atom. The van der Waals surface area contributed by atoms with Crippen LogP contribution >= 0.6 is 0 Å². The zero-order chi connectivity index (χ0) is 27.5. The van der Waals surface area contributed by atoms with Gasteiger partial charge < -0.3 is 25.7 Å². The molecule has 0 bridgehead atoms. The van der Waals surface area contributed by atoms with Gasteiger partial charge >= 0.3 is 6.03 Å². The first-order valence-electron chi connectivity index (χ1n) is 12.1. The maximum Gasteiger partial charge on any atom is 0.323 e. The summed E-state index contributed by atoms with van der Waals surface area (Å²) < 4.78 is 22.3.